The molecule has 1 aliphatic rings. The minimum absolute atomic E-state index is 0.146. The third-order valence-corrected chi connectivity index (χ3v) is 7.20. The zero-order chi connectivity index (χ0) is 18.6. The third kappa shape index (κ3) is 3.99. The van der Waals surface area contributed by atoms with Crippen LogP contribution >= 0.6 is 23.5 Å². The SMILES string of the molecule is COc1cn(-c2ccccc2)nc1C(=O)Oc1ccc(C2SCCS2)cc1. The molecule has 0 unspecified atom stereocenters. The van der Waals surface area contributed by atoms with Crippen LogP contribution in [-0.2, 0) is 0 Å². The van der Waals surface area contributed by atoms with E-state index in [0.717, 1.165) is 5.69 Å². The lowest BCUT2D eigenvalue weighted by molar-refractivity contribution is 0.0724. The molecule has 1 aliphatic heterocycles. The molecule has 7 heteroatoms. The van der Waals surface area contributed by atoms with Crippen molar-refractivity contribution in [1.29, 1.82) is 0 Å². The minimum Gasteiger partial charge on any atom is -0.493 e. The molecule has 1 aromatic heterocycles. The van der Waals surface area contributed by atoms with Crippen LogP contribution in [-0.4, -0.2) is 34.4 Å². The molecular formula is C20H18N2O3S2. The van der Waals surface area contributed by atoms with E-state index < -0.39 is 5.97 Å². The molecule has 3 aromatic rings. The molecule has 0 bridgehead atoms. The highest BCUT2D eigenvalue weighted by molar-refractivity contribution is 8.19. The second-order valence-corrected chi connectivity index (χ2v) is 8.58. The average Bonchev–Trinajstić information content (AvgIpc) is 3.39. The maximum atomic E-state index is 12.6. The summed E-state index contributed by atoms with van der Waals surface area (Å²) in [6.07, 6.45) is 1.67. The van der Waals surface area contributed by atoms with Gasteiger partial charge in [0.15, 0.2) is 5.75 Å². The number of aromatic nitrogens is 2. The molecule has 2 aromatic carbocycles. The normalized spacial score (nSPS) is 14.3. The molecule has 0 amide bonds. The Morgan fingerprint density at radius 1 is 1.07 bits per heavy atom. The van der Waals surface area contributed by atoms with Crippen molar-refractivity contribution in [2.75, 3.05) is 18.6 Å². The number of hydrogen-bond donors (Lipinski definition) is 0. The van der Waals surface area contributed by atoms with E-state index in [1.165, 1.54) is 24.2 Å². The van der Waals surface area contributed by atoms with Gasteiger partial charge in [0.1, 0.15) is 5.75 Å². The van der Waals surface area contributed by atoms with Crippen LogP contribution in [0.4, 0.5) is 0 Å². The van der Waals surface area contributed by atoms with E-state index >= 15 is 0 Å². The number of thioether (sulfide) groups is 2. The van der Waals surface area contributed by atoms with Crippen molar-refractivity contribution < 1.29 is 14.3 Å². The molecule has 138 valence electrons. The van der Waals surface area contributed by atoms with Crippen molar-refractivity contribution in [2.24, 2.45) is 0 Å². The number of benzene rings is 2. The van der Waals surface area contributed by atoms with Gasteiger partial charge in [-0.25, -0.2) is 9.48 Å². The lowest BCUT2D eigenvalue weighted by Crippen LogP contribution is -2.11. The Hall–Kier alpha value is -2.38. The fourth-order valence-corrected chi connectivity index (χ4v) is 5.62. The van der Waals surface area contributed by atoms with Gasteiger partial charge in [-0.1, -0.05) is 30.3 Å². The number of hydrogen-bond acceptors (Lipinski definition) is 6. The van der Waals surface area contributed by atoms with E-state index in [2.05, 4.69) is 5.10 Å². The molecule has 1 saturated heterocycles. The van der Waals surface area contributed by atoms with Gasteiger partial charge in [0.05, 0.1) is 23.6 Å². The number of rotatable bonds is 5. The van der Waals surface area contributed by atoms with Crippen LogP contribution in [0.15, 0.2) is 60.8 Å². The monoisotopic (exact) mass is 398 g/mol. The van der Waals surface area contributed by atoms with Crippen molar-refractivity contribution in [3.63, 3.8) is 0 Å². The zero-order valence-corrected chi connectivity index (χ0v) is 16.3. The van der Waals surface area contributed by atoms with Gasteiger partial charge in [0.25, 0.3) is 0 Å². The maximum Gasteiger partial charge on any atom is 0.368 e. The van der Waals surface area contributed by atoms with Crippen LogP contribution in [0.25, 0.3) is 5.69 Å². The number of para-hydroxylation sites is 1. The minimum atomic E-state index is -0.543. The summed E-state index contributed by atoms with van der Waals surface area (Å²) >= 11 is 3.89. The summed E-state index contributed by atoms with van der Waals surface area (Å²) in [5, 5.41) is 4.34. The van der Waals surface area contributed by atoms with E-state index in [4.69, 9.17) is 9.47 Å². The van der Waals surface area contributed by atoms with Gasteiger partial charge in [0, 0.05) is 11.5 Å². The molecule has 27 heavy (non-hydrogen) atoms. The van der Waals surface area contributed by atoms with Crippen LogP contribution in [0.3, 0.4) is 0 Å². The summed E-state index contributed by atoms with van der Waals surface area (Å²) in [6.45, 7) is 0. The van der Waals surface area contributed by atoms with Gasteiger partial charge in [-0.3, -0.25) is 0 Å². The van der Waals surface area contributed by atoms with Crippen molar-refractivity contribution in [3.8, 4) is 17.2 Å². The second-order valence-electron chi connectivity index (χ2n) is 5.86. The molecule has 1 fully saturated rings. The molecule has 0 spiro atoms. The quantitative estimate of drug-likeness (QED) is 0.463. The van der Waals surface area contributed by atoms with Gasteiger partial charge in [0.2, 0.25) is 5.69 Å². The molecule has 0 N–H and O–H groups in total. The standard InChI is InChI=1S/C20H18N2O3S2/c1-24-17-13-22(15-5-3-2-4-6-15)21-18(17)19(23)25-16-9-7-14(8-10-16)20-26-11-12-27-20/h2-10,13,20H,11-12H2,1H3. The van der Waals surface area contributed by atoms with Crippen LogP contribution in [0, 0.1) is 0 Å². The molecular weight excluding hydrogens is 380 g/mol. The van der Waals surface area contributed by atoms with E-state index in [9.17, 15) is 4.79 Å². The third-order valence-electron chi connectivity index (χ3n) is 4.10. The fraction of sp³-hybridized carbons (Fsp3) is 0.200. The Morgan fingerprint density at radius 3 is 2.44 bits per heavy atom. The first-order chi connectivity index (χ1) is 13.2. The van der Waals surface area contributed by atoms with E-state index in [1.807, 2.05) is 78.1 Å². The molecule has 2 heterocycles. The van der Waals surface area contributed by atoms with Gasteiger partial charge in [-0.05, 0) is 29.8 Å². The van der Waals surface area contributed by atoms with Crippen molar-refractivity contribution in [2.45, 2.75) is 4.58 Å². The number of esters is 1. The largest absolute Gasteiger partial charge is 0.493 e. The summed E-state index contributed by atoms with van der Waals surface area (Å²) in [6, 6.07) is 17.2. The average molecular weight is 399 g/mol. The molecule has 5 nitrogen and oxygen atoms in total. The predicted molar refractivity (Wildman–Crippen MR) is 109 cm³/mol. The summed E-state index contributed by atoms with van der Waals surface area (Å²) in [5.41, 5.74) is 2.23. The van der Waals surface area contributed by atoms with Gasteiger partial charge < -0.3 is 9.47 Å². The topological polar surface area (TPSA) is 53.4 Å². The first-order valence-electron chi connectivity index (χ1n) is 8.49. The summed E-state index contributed by atoms with van der Waals surface area (Å²) < 4.78 is 12.9. The van der Waals surface area contributed by atoms with Crippen molar-refractivity contribution in [3.05, 3.63) is 72.1 Å². The first kappa shape index (κ1) is 18.0. The number of carbonyl (C=O) groups is 1. The van der Waals surface area contributed by atoms with Crippen LogP contribution in [0.5, 0.6) is 11.5 Å². The Morgan fingerprint density at radius 2 is 1.78 bits per heavy atom. The fourth-order valence-electron chi connectivity index (χ4n) is 2.76. The van der Waals surface area contributed by atoms with E-state index in [1.54, 1.807) is 10.9 Å². The van der Waals surface area contributed by atoms with Gasteiger partial charge >= 0.3 is 5.97 Å². The Labute approximate surface area is 166 Å². The highest BCUT2D eigenvalue weighted by Gasteiger charge is 2.21. The maximum absolute atomic E-state index is 12.6. The number of nitrogens with zero attached hydrogens (tertiary/aromatic N) is 2. The van der Waals surface area contributed by atoms with Crippen molar-refractivity contribution in [1.82, 2.24) is 9.78 Å². The van der Waals surface area contributed by atoms with Gasteiger partial charge in [-0.2, -0.15) is 5.10 Å². The van der Waals surface area contributed by atoms with Crippen molar-refractivity contribution >= 4 is 29.5 Å². The summed E-state index contributed by atoms with van der Waals surface area (Å²) in [7, 11) is 1.51. The summed E-state index contributed by atoms with van der Waals surface area (Å²) in [5.74, 6) is 2.68. The van der Waals surface area contributed by atoms with Crippen LogP contribution in [0.1, 0.15) is 20.6 Å². The summed E-state index contributed by atoms with van der Waals surface area (Å²) in [4.78, 5) is 12.6. The molecule has 0 aliphatic carbocycles. The van der Waals surface area contributed by atoms with E-state index in [0.29, 0.717) is 16.1 Å². The molecule has 0 radical (unpaired) electrons. The Kier molecular flexibility index (Phi) is 5.40. The Bertz CT molecular complexity index is 920. The lowest BCUT2D eigenvalue weighted by atomic mass is 10.2. The number of methoxy groups -OCH3 is 1. The van der Waals surface area contributed by atoms with Gasteiger partial charge in [-0.15, -0.1) is 23.5 Å². The molecule has 0 atom stereocenters. The first-order valence-corrected chi connectivity index (χ1v) is 10.6. The highest BCUT2D eigenvalue weighted by Crippen LogP contribution is 2.45. The molecule has 4 rings (SSSR count). The van der Waals surface area contributed by atoms with E-state index in [-0.39, 0.29) is 5.69 Å². The smallest absolute Gasteiger partial charge is 0.368 e. The number of ether oxygens (including phenoxy) is 2. The zero-order valence-electron chi connectivity index (χ0n) is 14.7. The highest BCUT2D eigenvalue weighted by atomic mass is 32.2. The van der Waals surface area contributed by atoms with Crippen LogP contribution < -0.4 is 9.47 Å². The second kappa shape index (κ2) is 8.10. The lowest BCUT2D eigenvalue weighted by Gasteiger charge is -2.09. The predicted octanol–water partition coefficient (Wildman–Crippen LogP) is 4.58. The number of carbonyl (C=O) groups excluding carboxylic acids is 1. The molecule has 0 saturated carbocycles. The van der Waals surface area contributed by atoms with Crippen LogP contribution in [0.2, 0.25) is 0 Å². The Balaban J connectivity index is 1.51.